The summed E-state index contributed by atoms with van der Waals surface area (Å²) in [5, 5.41) is 35.9. The number of unbranched alkanes of at least 4 members (excludes halogenated alkanes) is 42. The molecule has 2 amide bonds. The molecule has 0 saturated carbocycles. The van der Waals surface area contributed by atoms with Gasteiger partial charge in [0.2, 0.25) is 11.8 Å². The molecule has 0 aromatic rings. The standard InChI is InChI=1S/C81H153N2O18P/c1-7-13-19-25-31-34-40-43-49-55-68(97-74(88)58-52-46-37-28-22-16-10-4)61-72(86)82-67(64-84)66-96-80-78(83-73(87)62-69(56-50-44-41-35-32-26-20-14-8-2)98-75(89)59-53-47-38-29-23-17-11-5)81(102(93,94)95,79(92)71(65-85)100-80)101-77(91)63-70(57-51-45-42-36-33-27-21-15-9-3)99-76(90)60-54-48-39-30-24-18-12-6/h67-71,78-80,84-85,92H,7-66H2,1-6H3,(H,82,86)(H,83,87)(H2,93,94,95)/t67-,68-,69-,70-,71-,78-,79-,80+,81+/m1/s1. The molecule has 20 nitrogen and oxygen atoms in total. The summed E-state index contributed by atoms with van der Waals surface area (Å²) in [5.41, 5.74) is 0. The van der Waals surface area contributed by atoms with Crippen LogP contribution in [0.4, 0.5) is 0 Å². The number of carbonyl (C=O) groups is 6. The van der Waals surface area contributed by atoms with Crippen LogP contribution in [0.25, 0.3) is 0 Å². The lowest BCUT2D eigenvalue weighted by molar-refractivity contribution is -0.288. The first-order valence-electron chi connectivity index (χ1n) is 42.0. The Morgan fingerprint density at radius 3 is 1.01 bits per heavy atom. The number of ether oxygens (including phenoxy) is 6. The van der Waals surface area contributed by atoms with Crippen molar-refractivity contribution in [3.8, 4) is 0 Å². The molecule has 0 bridgehead atoms. The Hall–Kier alpha value is -3.23. The summed E-state index contributed by atoms with van der Waals surface area (Å²) in [6.07, 6.45) is 38.6. The molecule has 1 aliphatic heterocycles. The predicted octanol–water partition coefficient (Wildman–Crippen LogP) is 18.6. The number of hydrogen-bond acceptors (Lipinski definition) is 16. The molecule has 1 heterocycles. The summed E-state index contributed by atoms with van der Waals surface area (Å²) >= 11 is 0. The fourth-order valence-electron chi connectivity index (χ4n) is 13.7. The highest BCUT2D eigenvalue weighted by Gasteiger charge is 2.69. The van der Waals surface area contributed by atoms with Crippen molar-refractivity contribution in [2.75, 3.05) is 19.8 Å². The Morgan fingerprint density at radius 2 is 0.706 bits per heavy atom. The quantitative estimate of drug-likeness (QED) is 0.0129. The Labute approximate surface area is 619 Å². The summed E-state index contributed by atoms with van der Waals surface area (Å²) in [5.74, 6) is -4.30. The maximum Gasteiger partial charge on any atom is 0.374 e. The molecule has 0 aromatic heterocycles. The predicted molar refractivity (Wildman–Crippen MR) is 406 cm³/mol. The number of rotatable bonds is 72. The molecule has 600 valence electrons. The summed E-state index contributed by atoms with van der Waals surface area (Å²) in [6, 6.07) is -3.54. The van der Waals surface area contributed by atoms with E-state index in [1.54, 1.807) is 0 Å². The molecule has 0 aromatic carbocycles. The van der Waals surface area contributed by atoms with Crippen molar-refractivity contribution >= 4 is 43.3 Å². The second kappa shape index (κ2) is 64.9. The molecular weight excluding hydrogens is 1320 g/mol. The number of aliphatic hydroxyl groups is 3. The summed E-state index contributed by atoms with van der Waals surface area (Å²) in [7, 11) is -6.12. The van der Waals surface area contributed by atoms with E-state index >= 15 is 0 Å². The van der Waals surface area contributed by atoms with Crippen LogP contribution in [0.5, 0.6) is 0 Å². The number of hydrogen-bond donors (Lipinski definition) is 7. The Balaban J connectivity index is 3.85. The van der Waals surface area contributed by atoms with Gasteiger partial charge >= 0.3 is 31.5 Å². The van der Waals surface area contributed by atoms with Gasteiger partial charge in [-0.2, -0.15) is 0 Å². The monoisotopic (exact) mass is 1470 g/mol. The minimum absolute atomic E-state index is 0.0848. The van der Waals surface area contributed by atoms with E-state index in [9.17, 15) is 58.4 Å². The molecule has 1 rings (SSSR count). The first kappa shape index (κ1) is 96.8. The smallest absolute Gasteiger partial charge is 0.374 e. The van der Waals surface area contributed by atoms with E-state index in [1.807, 2.05) is 0 Å². The average Bonchev–Trinajstić information content (AvgIpc) is 0.724. The first-order chi connectivity index (χ1) is 49.4. The van der Waals surface area contributed by atoms with Crippen molar-refractivity contribution in [3.05, 3.63) is 0 Å². The number of nitrogens with one attached hydrogen (secondary N) is 2. The summed E-state index contributed by atoms with van der Waals surface area (Å²) < 4.78 is 50.9. The van der Waals surface area contributed by atoms with Crippen LogP contribution in [0.1, 0.15) is 408 Å². The highest BCUT2D eigenvalue weighted by atomic mass is 31.2. The largest absolute Gasteiger partial charge is 0.462 e. The van der Waals surface area contributed by atoms with E-state index in [0.29, 0.717) is 44.9 Å². The fourth-order valence-corrected chi connectivity index (χ4v) is 15.0. The van der Waals surface area contributed by atoms with Crippen molar-refractivity contribution in [2.24, 2.45) is 0 Å². The van der Waals surface area contributed by atoms with E-state index in [2.05, 4.69) is 52.2 Å². The van der Waals surface area contributed by atoms with Crippen molar-refractivity contribution in [3.63, 3.8) is 0 Å². The van der Waals surface area contributed by atoms with E-state index in [4.69, 9.17) is 28.4 Å². The van der Waals surface area contributed by atoms with Gasteiger partial charge in [0.05, 0.1) is 45.1 Å². The summed E-state index contributed by atoms with van der Waals surface area (Å²) in [6.45, 7) is 10.5. The van der Waals surface area contributed by atoms with Crippen LogP contribution >= 0.6 is 7.60 Å². The van der Waals surface area contributed by atoms with Crippen LogP contribution in [0.3, 0.4) is 0 Å². The number of amides is 2. The van der Waals surface area contributed by atoms with Crippen LogP contribution < -0.4 is 10.6 Å². The van der Waals surface area contributed by atoms with E-state index in [0.717, 1.165) is 212 Å². The van der Waals surface area contributed by atoms with Gasteiger partial charge in [-0.1, -0.05) is 311 Å². The van der Waals surface area contributed by atoms with Gasteiger partial charge in [0, 0.05) is 19.3 Å². The van der Waals surface area contributed by atoms with Gasteiger partial charge in [0.15, 0.2) is 6.29 Å². The zero-order valence-corrected chi connectivity index (χ0v) is 66.4. The van der Waals surface area contributed by atoms with Gasteiger partial charge in [-0.3, -0.25) is 33.3 Å². The van der Waals surface area contributed by atoms with Crippen molar-refractivity contribution in [1.82, 2.24) is 10.6 Å². The highest BCUT2D eigenvalue weighted by molar-refractivity contribution is 7.53. The van der Waals surface area contributed by atoms with Crippen LogP contribution in [-0.4, -0.2) is 135 Å². The molecule has 9 atom stereocenters. The number of carbonyl (C=O) groups excluding carboxylic acids is 6. The van der Waals surface area contributed by atoms with Gasteiger partial charge < -0.3 is 64.2 Å². The molecule has 0 aliphatic carbocycles. The molecular formula is C81H153N2O18P. The van der Waals surface area contributed by atoms with Crippen molar-refractivity contribution in [2.45, 2.75) is 462 Å². The first-order valence-corrected chi connectivity index (χ1v) is 43.6. The van der Waals surface area contributed by atoms with Crippen molar-refractivity contribution < 1.29 is 86.9 Å². The minimum atomic E-state index is -6.12. The Bertz CT molecular complexity index is 2120. The lowest BCUT2D eigenvalue weighted by Gasteiger charge is -2.51. The number of esters is 4. The average molecular weight is 1470 g/mol. The van der Waals surface area contributed by atoms with Gasteiger partial charge in [-0.05, 0) is 57.8 Å². The van der Waals surface area contributed by atoms with Crippen LogP contribution in [-0.2, 0) is 61.8 Å². The minimum Gasteiger partial charge on any atom is -0.462 e. The van der Waals surface area contributed by atoms with Crippen LogP contribution in [0, 0.1) is 0 Å². The second-order valence-corrected chi connectivity index (χ2v) is 31.5. The topological polar surface area (TPSA) is 300 Å². The van der Waals surface area contributed by atoms with Gasteiger partial charge in [0.25, 0.3) is 5.34 Å². The van der Waals surface area contributed by atoms with Gasteiger partial charge in [-0.25, -0.2) is 0 Å². The van der Waals surface area contributed by atoms with Crippen molar-refractivity contribution in [1.29, 1.82) is 0 Å². The molecule has 1 aliphatic rings. The van der Waals surface area contributed by atoms with E-state index in [1.165, 1.54) is 57.8 Å². The lowest BCUT2D eigenvalue weighted by Crippen LogP contribution is -2.73. The highest BCUT2D eigenvalue weighted by Crippen LogP contribution is 2.59. The zero-order chi connectivity index (χ0) is 75.2. The second-order valence-electron chi connectivity index (χ2n) is 29.7. The fraction of sp³-hybridized carbons (Fsp3) is 0.926. The van der Waals surface area contributed by atoms with Crippen LogP contribution in [0.2, 0.25) is 0 Å². The Kier molecular flexibility index (Phi) is 61.6. The third-order valence-corrected chi connectivity index (χ3v) is 21.6. The Morgan fingerprint density at radius 1 is 0.412 bits per heavy atom. The molecule has 102 heavy (non-hydrogen) atoms. The zero-order valence-electron chi connectivity index (χ0n) is 65.5. The summed E-state index contributed by atoms with van der Waals surface area (Å²) in [4.78, 5) is 108. The molecule has 1 saturated heterocycles. The maximum absolute atomic E-state index is 14.9. The third kappa shape index (κ3) is 48.1. The molecule has 0 radical (unpaired) electrons. The third-order valence-electron chi connectivity index (χ3n) is 20.0. The van der Waals surface area contributed by atoms with E-state index < -0.39 is 130 Å². The van der Waals surface area contributed by atoms with E-state index in [-0.39, 0.29) is 38.5 Å². The normalized spacial score (nSPS) is 18.1. The maximum atomic E-state index is 14.9. The van der Waals surface area contributed by atoms with Gasteiger partial charge in [-0.15, -0.1) is 0 Å². The van der Waals surface area contributed by atoms with Gasteiger partial charge in [0.1, 0.15) is 36.6 Å². The molecule has 1 fully saturated rings. The molecule has 7 N–H and O–H groups in total. The van der Waals surface area contributed by atoms with Crippen LogP contribution in [0.15, 0.2) is 0 Å². The molecule has 0 unspecified atom stereocenters. The molecule has 21 heteroatoms. The molecule has 0 spiro atoms. The SMILES string of the molecule is CCCCCCCCCCC[C@H](CC(=O)N[C@H](CO)CO[C@H]1O[C@H](CO)[C@@H](O)[C@@](OC(=O)C[C@@H](CCCCCCCCCCC)OC(=O)CCCCCCCCC)(P(=O)(O)O)[C@@H]1NC(=O)C[C@@H](CCCCCCCCCCC)OC(=O)CCCCCCCCC)OC(=O)CCCCCCCCC. The number of aliphatic hydroxyl groups excluding tert-OH is 3. The lowest BCUT2D eigenvalue weighted by atomic mass is 9.94.